The number of rotatable bonds is 5. The molecule has 2 aliphatic rings. The Morgan fingerprint density at radius 1 is 0.903 bits per heavy atom. The smallest absolute Gasteiger partial charge is 0.235 e. The highest BCUT2D eigenvalue weighted by Gasteiger charge is 2.46. The Morgan fingerprint density at radius 2 is 1.65 bits per heavy atom. The Balaban J connectivity index is 1.55. The molecule has 1 aliphatic heterocycles. The molecule has 3 aromatic rings. The van der Waals surface area contributed by atoms with E-state index >= 15 is 0 Å². The number of fused-ring (bicyclic) bond motifs is 2. The summed E-state index contributed by atoms with van der Waals surface area (Å²) in [6, 6.07) is 19.3. The summed E-state index contributed by atoms with van der Waals surface area (Å²) in [6.45, 7) is 0.196. The zero-order chi connectivity index (χ0) is 21.4. The lowest BCUT2D eigenvalue weighted by Crippen LogP contribution is -2.41. The van der Waals surface area contributed by atoms with E-state index < -0.39 is 5.41 Å². The summed E-state index contributed by atoms with van der Waals surface area (Å²) in [5.41, 5.74) is 3.09. The number of anilines is 1. The molecule has 1 N–H and O–H groups in total. The van der Waals surface area contributed by atoms with Crippen molar-refractivity contribution in [2.75, 3.05) is 26.3 Å². The van der Waals surface area contributed by atoms with Crippen LogP contribution in [-0.2, 0) is 23.1 Å². The lowest BCUT2D eigenvalue weighted by Gasteiger charge is -2.29. The highest BCUT2D eigenvalue weighted by atomic mass is 16.7. The number of carbonyl (C=O) groups is 1. The van der Waals surface area contributed by atoms with Crippen molar-refractivity contribution < 1.29 is 23.7 Å². The van der Waals surface area contributed by atoms with E-state index in [4.69, 9.17) is 18.9 Å². The minimum Gasteiger partial charge on any atom is -0.497 e. The molecule has 0 unspecified atom stereocenters. The Hall–Kier alpha value is -3.67. The van der Waals surface area contributed by atoms with Crippen molar-refractivity contribution in [2.24, 2.45) is 0 Å². The number of benzene rings is 3. The fourth-order valence-electron chi connectivity index (χ4n) is 4.45. The largest absolute Gasteiger partial charge is 0.497 e. The van der Waals surface area contributed by atoms with Gasteiger partial charge < -0.3 is 24.3 Å². The van der Waals surface area contributed by atoms with Crippen molar-refractivity contribution in [1.29, 1.82) is 0 Å². The van der Waals surface area contributed by atoms with Gasteiger partial charge >= 0.3 is 0 Å². The van der Waals surface area contributed by atoms with E-state index in [1.165, 1.54) is 11.1 Å². The van der Waals surface area contributed by atoms with Gasteiger partial charge in [0, 0.05) is 6.07 Å². The Kier molecular flexibility index (Phi) is 4.70. The average Bonchev–Trinajstić information content (AvgIpc) is 3.43. The van der Waals surface area contributed by atoms with Crippen LogP contribution in [0.2, 0.25) is 0 Å². The molecule has 0 aromatic heterocycles. The van der Waals surface area contributed by atoms with Gasteiger partial charge in [0.15, 0.2) is 11.5 Å². The number of nitrogens with one attached hydrogen (secondary N) is 1. The Bertz CT molecular complexity index is 1130. The van der Waals surface area contributed by atoms with Crippen molar-refractivity contribution in [3.8, 4) is 23.0 Å². The van der Waals surface area contributed by atoms with Crippen molar-refractivity contribution in [3.63, 3.8) is 0 Å². The zero-order valence-corrected chi connectivity index (χ0v) is 17.4. The molecular formula is C25H23NO5. The van der Waals surface area contributed by atoms with Crippen LogP contribution in [0.3, 0.4) is 0 Å². The van der Waals surface area contributed by atoms with Crippen LogP contribution in [-0.4, -0.2) is 26.9 Å². The summed E-state index contributed by atoms with van der Waals surface area (Å²) in [5.74, 6) is 2.48. The normalized spacial score (nSPS) is 15.3. The second kappa shape index (κ2) is 7.54. The lowest BCUT2D eigenvalue weighted by atomic mass is 9.76. The van der Waals surface area contributed by atoms with Gasteiger partial charge in [0.1, 0.15) is 11.5 Å². The predicted octanol–water partition coefficient (Wildman–Crippen LogP) is 4.11. The minimum atomic E-state index is -0.768. The van der Waals surface area contributed by atoms with Crippen LogP contribution in [0.25, 0.3) is 0 Å². The van der Waals surface area contributed by atoms with Gasteiger partial charge in [0.25, 0.3) is 0 Å². The number of hydrogen-bond donors (Lipinski definition) is 1. The molecule has 5 rings (SSSR count). The molecule has 0 radical (unpaired) electrons. The minimum absolute atomic E-state index is 0.0916. The molecular weight excluding hydrogens is 394 g/mol. The van der Waals surface area contributed by atoms with Gasteiger partial charge in [0.2, 0.25) is 12.7 Å². The summed E-state index contributed by atoms with van der Waals surface area (Å²) >= 11 is 0. The third kappa shape index (κ3) is 3.24. The summed E-state index contributed by atoms with van der Waals surface area (Å²) in [7, 11) is 3.17. The first-order chi connectivity index (χ1) is 15.1. The molecule has 1 amide bonds. The van der Waals surface area contributed by atoms with E-state index in [1.54, 1.807) is 32.4 Å². The van der Waals surface area contributed by atoms with Crippen LogP contribution in [0.5, 0.6) is 23.0 Å². The van der Waals surface area contributed by atoms with Gasteiger partial charge in [-0.1, -0.05) is 30.3 Å². The summed E-state index contributed by atoms with van der Waals surface area (Å²) in [6.07, 6.45) is 1.21. The van der Waals surface area contributed by atoms with Crippen LogP contribution < -0.4 is 24.3 Å². The quantitative estimate of drug-likeness (QED) is 0.677. The zero-order valence-electron chi connectivity index (χ0n) is 17.4. The molecule has 0 saturated heterocycles. The predicted molar refractivity (Wildman–Crippen MR) is 116 cm³/mol. The first kappa shape index (κ1) is 19.3. The van der Waals surface area contributed by atoms with Crippen LogP contribution in [0.15, 0.2) is 60.7 Å². The standard InChI is InChI=1S/C25H23NO5/c1-28-19-8-9-20(22(12-19)29-2)26-24(27)25(13-16-5-3-4-6-17(16)14-25)18-7-10-21-23(11-18)31-15-30-21/h3-12H,13-15H2,1-2H3,(H,26,27). The maximum atomic E-state index is 13.9. The van der Waals surface area contributed by atoms with E-state index in [0.29, 0.717) is 41.5 Å². The van der Waals surface area contributed by atoms with Crippen LogP contribution in [0, 0.1) is 0 Å². The molecule has 0 fully saturated rings. The van der Waals surface area contributed by atoms with Gasteiger partial charge in [-0.3, -0.25) is 4.79 Å². The molecule has 0 bridgehead atoms. The molecule has 0 atom stereocenters. The fraction of sp³-hybridized carbons (Fsp3) is 0.240. The fourth-order valence-corrected chi connectivity index (χ4v) is 4.45. The monoisotopic (exact) mass is 417 g/mol. The molecule has 1 heterocycles. The van der Waals surface area contributed by atoms with Gasteiger partial charge in [-0.05, 0) is 53.8 Å². The number of carbonyl (C=O) groups excluding carboxylic acids is 1. The molecule has 0 spiro atoms. The Labute approximate surface area is 180 Å². The van der Waals surface area contributed by atoms with Gasteiger partial charge in [-0.15, -0.1) is 0 Å². The second-order valence-electron chi connectivity index (χ2n) is 7.79. The van der Waals surface area contributed by atoms with E-state index in [2.05, 4.69) is 17.4 Å². The van der Waals surface area contributed by atoms with Crippen molar-refractivity contribution >= 4 is 11.6 Å². The molecule has 0 saturated carbocycles. The first-order valence-corrected chi connectivity index (χ1v) is 10.1. The maximum absolute atomic E-state index is 13.9. The highest BCUT2D eigenvalue weighted by molar-refractivity contribution is 6.01. The van der Waals surface area contributed by atoms with Crippen LogP contribution >= 0.6 is 0 Å². The van der Waals surface area contributed by atoms with Gasteiger partial charge in [-0.25, -0.2) is 0 Å². The Morgan fingerprint density at radius 3 is 2.35 bits per heavy atom. The van der Waals surface area contributed by atoms with E-state index in [-0.39, 0.29) is 12.7 Å². The molecule has 158 valence electrons. The number of hydrogen-bond acceptors (Lipinski definition) is 5. The van der Waals surface area contributed by atoms with E-state index in [9.17, 15) is 4.79 Å². The van der Waals surface area contributed by atoms with Crippen molar-refractivity contribution in [2.45, 2.75) is 18.3 Å². The molecule has 6 nitrogen and oxygen atoms in total. The second-order valence-corrected chi connectivity index (χ2v) is 7.79. The SMILES string of the molecule is COc1ccc(NC(=O)C2(c3ccc4c(c3)OCO4)Cc3ccccc3C2)c(OC)c1. The molecule has 3 aromatic carbocycles. The first-order valence-electron chi connectivity index (χ1n) is 10.1. The van der Waals surface area contributed by atoms with Crippen molar-refractivity contribution in [1.82, 2.24) is 0 Å². The molecule has 31 heavy (non-hydrogen) atoms. The number of ether oxygens (including phenoxy) is 4. The van der Waals surface area contributed by atoms with E-state index in [1.807, 2.05) is 30.3 Å². The average molecular weight is 417 g/mol. The van der Waals surface area contributed by atoms with Crippen molar-refractivity contribution in [3.05, 3.63) is 77.4 Å². The van der Waals surface area contributed by atoms with E-state index in [0.717, 1.165) is 5.56 Å². The molecule has 1 aliphatic carbocycles. The van der Waals surface area contributed by atoms with Gasteiger partial charge in [-0.2, -0.15) is 0 Å². The molecule has 6 heteroatoms. The summed E-state index contributed by atoms with van der Waals surface area (Å²) in [4.78, 5) is 13.9. The maximum Gasteiger partial charge on any atom is 0.235 e. The van der Waals surface area contributed by atoms with Crippen LogP contribution in [0.4, 0.5) is 5.69 Å². The van der Waals surface area contributed by atoms with Crippen LogP contribution in [0.1, 0.15) is 16.7 Å². The number of methoxy groups -OCH3 is 2. The summed E-state index contributed by atoms with van der Waals surface area (Å²) in [5, 5.41) is 3.11. The topological polar surface area (TPSA) is 66.0 Å². The summed E-state index contributed by atoms with van der Waals surface area (Å²) < 4.78 is 21.8. The number of amides is 1. The third-order valence-corrected chi connectivity index (χ3v) is 6.12. The highest BCUT2D eigenvalue weighted by Crippen LogP contribution is 2.44. The third-order valence-electron chi connectivity index (χ3n) is 6.12. The lowest BCUT2D eigenvalue weighted by molar-refractivity contribution is -0.121. The van der Waals surface area contributed by atoms with Gasteiger partial charge in [0.05, 0.1) is 25.3 Å².